The Kier molecular flexibility index (Phi) is 11.5. The summed E-state index contributed by atoms with van der Waals surface area (Å²) in [6.07, 6.45) is 2.73. The van der Waals surface area contributed by atoms with Gasteiger partial charge in [-0.25, -0.2) is 9.18 Å². The topological polar surface area (TPSA) is 84.3 Å². The fourth-order valence-electron chi connectivity index (χ4n) is 5.90. The van der Waals surface area contributed by atoms with E-state index in [9.17, 15) is 4.79 Å². The number of rotatable bonds is 13. The smallest absolute Gasteiger partial charge is 0.355 e. The number of unbranched alkanes of at least 4 members (excludes halogenated alkanes) is 1. The van der Waals surface area contributed by atoms with Gasteiger partial charge in [-0.05, 0) is 75.2 Å². The van der Waals surface area contributed by atoms with Gasteiger partial charge in [0.25, 0.3) is 0 Å². The molecule has 234 valence electrons. The molecule has 0 radical (unpaired) electrons. The van der Waals surface area contributed by atoms with Crippen LogP contribution >= 0.6 is 28.3 Å². The number of aryl methyl sites for hydroxylation is 3. The molecule has 0 aliphatic rings. The van der Waals surface area contributed by atoms with E-state index in [0.29, 0.717) is 54.6 Å². The normalized spacial score (nSPS) is 11.2. The molecular formula is C34H39BrClFN4O3. The highest BCUT2D eigenvalue weighted by Crippen LogP contribution is 2.40. The third kappa shape index (κ3) is 6.50. The summed E-state index contributed by atoms with van der Waals surface area (Å²) >= 11 is 3.54. The number of benzene rings is 3. The number of ether oxygens (including phenoxy) is 2. The largest absolute Gasteiger partial charge is 0.493 e. The minimum atomic E-state index is -0.411. The van der Waals surface area contributed by atoms with Crippen molar-refractivity contribution >= 4 is 56.0 Å². The SMILES string of the molecule is CCOC(=O)c1c(CCCOc2cccc3ccccc23)c2ccc(F)c(-c3c(CBr)nn(C)c3C)c2n1CCCCN.Cl. The first-order valence-corrected chi connectivity index (χ1v) is 15.9. The number of nitrogens with two attached hydrogens (primary N) is 1. The molecule has 10 heteroatoms. The van der Waals surface area contributed by atoms with Crippen LogP contribution in [-0.4, -0.2) is 40.1 Å². The van der Waals surface area contributed by atoms with Crippen LogP contribution in [0.4, 0.5) is 4.39 Å². The lowest BCUT2D eigenvalue weighted by Crippen LogP contribution is -2.16. The van der Waals surface area contributed by atoms with E-state index in [-0.39, 0.29) is 24.8 Å². The molecule has 3 aromatic carbocycles. The summed E-state index contributed by atoms with van der Waals surface area (Å²) in [6, 6.07) is 17.4. The average molecular weight is 686 g/mol. The molecule has 2 N–H and O–H groups in total. The van der Waals surface area contributed by atoms with Crippen molar-refractivity contribution in [3.63, 3.8) is 0 Å². The van der Waals surface area contributed by atoms with Crippen molar-refractivity contribution in [2.75, 3.05) is 19.8 Å². The lowest BCUT2D eigenvalue weighted by Gasteiger charge is -2.14. The number of hydrogen-bond donors (Lipinski definition) is 1. The Balaban J connectivity index is 0.00000442. The van der Waals surface area contributed by atoms with Crippen LogP contribution in [0.2, 0.25) is 0 Å². The molecule has 5 rings (SSSR count). The number of esters is 1. The van der Waals surface area contributed by atoms with Gasteiger partial charge in [0.1, 0.15) is 17.3 Å². The Bertz CT molecular complexity index is 1760. The average Bonchev–Trinajstić information content (AvgIpc) is 3.48. The predicted molar refractivity (Wildman–Crippen MR) is 181 cm³/mol. The quantitative estimate of drug-likeness (QED) is 0.0775. The zero-order valence-electron chi connectivity index (χ0n) is 25.4. The second kappa shape index (κ2) is 15.1. The molecule has 7 nitrogen and oxygen atoms in total. The molecule has 0 aliphatic heterocycles. The third-order valence-corrected chi connectivity index (χ3v) is 8.48. The maximum absolute atomic E-state index is 16.0. The minimum Gasteiger partial charge on any atom is -0.493 e. The molecule has 0 aliphatic carbocycles. The number of hydrogen-bond acceptors (Lipinski definition) is 5. The van der Waals surface area contributed by atoms with Crippen molar-refractivity contribution in [1.29, 1.82) is 0 Å². The molecule has 0 atom stereocenters. The number of fused-ring (bicyclic) bond motifs is 2. The Morgan fingerprint density at radius 3 is 2.55 bits per heavy atom. The molecule has 0 amide bonds. The first-order valence-electron chi connectivity index (χ1n) is 14.8. The first-order chi connectivity index (χ1) is 20.9. The molecular weight excluding hydrogens is 647 g/mol. The van der Waals surface area contributed by atoms with Crippen molar-refractivity contribution in [3.05, 3.63) is 83.1 Å². The number of halogens is 3. The van der Waals surface area contributed by atoms with E-state index in [2.05, 4.69) is 39.2 Å². The summed E-state index contributed by atoms with van der Waals surface area (Å²) in [7, 11) is 1.86. The molecule has 0 bridgehead atoms. The molecule has 0 unspecified atom stereocenters. The number of carbonyl (C=O) groups is 1. The fourth-order valence-corrected chi connectivity index (χ4v) is 6.29. The molecule has 0 saturated heterocycles. The van der Waals surface area contributed by atoms with Crippen LogP contribution in [0.3, 0.4) is 0 Å². The lowest BCUT2D eigenvalue weighted by atomic mass is 9.98. The molecule has 0 fully saturated rings. The van der Waals surface area contributed by atoms with E-state index < -0.39 is 5.97 Å². The van der Waals surface area contributed by atoms with E-state index in [4.69, 9.17) is 15.2 Å². The zero-order chi connectivity index (χ0) is 30.5. The number of carbonyl (C=O) groups excluding carboxylic acids is 1. The highest BCUT2D eigenvalue weighted by molar-refractivity contribution is 9.08. The van der Waals surface area contributed by atoms with Crippen molar-refractivity contribution < 1.29 is 18.7 Å². The van der Waals surface area contributed by atoms with Gasteiger partial charge in [0.15, 0.2) is 0 Å². The summed E-state index contributed by atoms with van der Waals surface area (Å²) in [4.78, 5) is 13.6. The zero-order valence-corrected chi connectivity index (χ0v) is 27.8. The summed E-state index contributed by atoms with van der Waals surface area (Å²) in [5, 5.41) is 8.11. The van der Waals surface area contributed by atoms with Crippen molar-refractivity contribution in [2.45, 2.75) is 51.4 Å². The highest BCUT2D eigenvalue weighted by Gasteiger charge is 2.29. The Hall–Kier alpha value is -3.40. The van der Waals surface area contributed by atoms with E-state index in [0.717, 1.165) is 57.3 Å². The van der Waals surface area contributed by atoms with Gasteiger partial charge in [-0.2, -0.15) is 5.10 Å². The molecule has 2 heterocycles. The van der Waals surface area contributed by atoms with Crippen LogP contribution in [0.25, 0.3) is 32.8 Å². The second-order valence-electron chi connectivity index (χ2n) is 10.6. The second-order valence-corrected chi connectivity index (χ2v) is 11.2. The van der Waals surface area contributed by atoms with Gasteiger partial charge in [0.2, 0.25) is 0 Å². The summed E-state index contributed by atoms with van der Waals surface area (Å²) in [5.74, 6) is 0.0580. The number of nitrogens with zero attached hydrogens (tertiary/aromatic N) is 3. The van der Waals surface area contributed by atoms with E-state index in [1.165, 1.54) is 6.07 Å². The van der Waals surface area contributed by atoms with Crippen molar-refractivity contribution in [3.8, 4) is 16.9 Å². The minimum absolute atomic E-state index is 0. The summed E-state index contributed by atoms with van der Waals surface area (Å²) in [5.41, 5.74) is 10.6. The van der Waals surface area contributed by atoms with Crippen LogP contribution in [0.5, 0.6) is 5.75 Å². The fraction of sp³-hybridized carbons (Fsp3) is 0.353. The maximum atomic E-state index is 16.0. The van der Waals surface area contributed by atoms with Gasteiger partial charge < -0.3 is 19.8 Å². The molecule has 0 saturated carbocycles. The lowest BCUT2D eigenvalue weighted by molar-refractivity contribution is 0.0512. The molecule has 0 spiro atoms. The van der Waals surface area contributed by atoms with Crippen molar-refractivity contribution in [2.24, 2.45) is 12.8 Å². The van der Waals surface area contributed by atoms with Crippen LogP contribution < -0.4 is 10.5 Å². The van der Waals surface area contributed by atoms with Crippen LogP contribution in [0, 0.1) is 12.7 Å². The van der Waals surface area contributed by atoms with Gasteiger partial charge in [0.05, 0.1) is 24.4 Å². The monoisotopic (exact) mass is 684 g/mol. The van der Waals surface area contributed by atoms with Gasteiger partial charge in [0, 0.05) is 46.5 Å². The molecule has 2 aromatic heterocycles. The standard InChI is InChI=1S/C34H38BrFN4O3.ClH/c1-4-42-34(41)33-25(14-10-20-43-29-15-9-12-23-11-5-6-13-24(23)29)26-16-17-27(36)31(32(26)40(33)19-8-7-18-37)30-22(2)39(3)38-28(30)21-35;/h5-6,9,11-13,15-17H,4,7-8,10,14,18-21,37H2,1-3H3;1H. The Morgan fingerprint density at radius 1 is 1.02 bits per heavy atom. The number of alkyl halides is 1. The van der Waals surface area contributed by atoms with Gasteiger partial charge in [-0.3, -0.25) is 4.68 Å². The summed E-state index contributed by atoms with van der Waals surface area (Å²) < 4.78 is 31.5. The summed E-state index contributed by atoms with van der Waals surface area (Å²) in [6.45, 7) is 5.47. The van der Waals surface area contributed by atoms with E-state index in [1.807, 2.05) is 42.8 Å². The Labute approximate surface area is 272 Å². The van der Waals surface area contributed by atoms with Gasteiger partial charge >= 0.3 is 5.97 Å². The van der Waals surface area contributed by atoms with Crippen LogP contribution in [-0.2, 0) is 30.1 Å². The first kappa shape index (κ1) is 33.5. The predicted octanol–water partition coefficient (Wildman–Crippen LogP) is 7.89. The Morgan fingerprint density at radius 2 is 1.80 bits per heavy atom. The molecule has 44 heavy (non-hydrogen) atoms. The van der Waals surface area contributed by atoms with E-state index >= 15 is 4.39 Å². The van der Waals surface area contributed by atoms with Gasteiger partial charge in [-0.1, -0.05) is 52.3 Å². The third-order valence-electron chi connectivity index (χ3n) is 7.94. The number of aromatic nitrogens is 3. The van der Waals surface area contributed by atoms with Crippen molar-refractivity contribution in [1.82, 2.24) is 14.3 Å². The van der Waals surface area contributed by atoms with E-state index in [1.54, 1.807) is 17.7 Å². The maximum Gasteiger partial charge on any atom is 0.355 e. The van der Waals surface area contributed by atoms with Crippen LogP contribution in [0.1, 0.15) is 53.6 Å². The van der Waals surface area contributed by atoms with Gasteiger partial charge in [-0.15, -0.1) is 12.4 Å². The highest BCUT2D eigenvalue weighted by atomic mass is 79.9. The van der Waals surface area contributed by atoms with Crippen LogP contribution in [0.15, 0.2) is 54.6 Å². The molecule has 5 aromatic rings.